The zero-order valence-electron chi connectivity index (χ0n) is 15.0. The van der Waals surface area contributed by atoms with Crippen LogP contribution in [0.2, 0.25) is 0 Å². The molecule has 2 saturated heterocycles. The van der Waals surface area contributed by atoms with Gasteiger partial charge >= 0.3 is 0 Å². The number of hydrogen-bond donors (Lipinski definition) is 0. The maximum absolute atomic E-state index is 12.8. The molecule has 24 heavy (non-hydrogen) atoms. The molecule has 0 radical (unpaired) electrons. The van der Waals surface area contributed by atoms with Crippen LogP contribution in [0.25, 0.3) is 0 Å². The Morgan fingerprint density at radius 2 is 1.79 bits per heavy atom. The number of sulfonamides is 1. The molecule has 1 saturated carbocycles. The highest BCUT2D eigenvalue weighted by molar-refractivity contribution is 7.89. The molecular weight excluding hydrogens is 326 g/mol. The number of carbonyl (C=O) groups excluding carboxylic acids is 1. The Balaban J connectivity index is 1.49. The summed E-state index contributed by atoms with van der Waals surface area (Å²) < 4.78 is 27.2. The molecular formula is C17H31N3O3S. The Morgan fingerprint density at radius 3 is 2.42 bits per heavy atom. The molecule has 3 rings (SSSR count). The van der Waals surface area contributed by atoms with E-state index in [-0.39, 0.29) is 17.1 Å². The minimum Gasteiger partial charge on any atom is -0.340 e. The number of amides is 1. The summed E-state index contributed by atoms with van der Waals surface area (Å²) in [6.07, 6.45) is 5.17. The molecule has 2 aliphatic heterocycles. The fourth-order valence-electron chi connectivity index (χ4n) is 4.20. The van der Waals surface area contributed by atoms with E-state index in [0.717, 1.165) is 45.2 Å². The molecule has 2 heterocycles. The summed E-state index contributed by atoms with van der Waals surface area (Å²) in [6, 6.07) is 0. The van der Waals surface area contributed by atoms with E-state index in [1.165, 1.54) is 0 Å². The molecule has 7 heteroatoms. The van der Waals surface area contributed by atoms with Crippen molar-refractivity contribution in [1.82, 2.24) is 14.1 Å². The molecule has 138 valence electrons. The van der Waals surface area contributed by atoms with E-state index in [4.69, 9.17) is 0 Å². The van der Waals surface area contributed by atoms with Crippen molar-refractivity contribution >= 4 is 15.9 Å². The minimum atomic E-state index is -3.25. The predicted molar refractivity (Wildman–Crippen MR) is 94.1 cm³/mol. The summed E-state index contributed by atoms with van der Waals surface area (Å²) in [5.74, 6) is 0.762. The molecule has 3 fully saturated rings. The van der Waals surface area contributed by atoms with Crippen LogP contribution in [0.15, 0.2) is 0 Å². The van der Waals surface area contributed by atoms with Crippen LogP contribution in [-0.2, 0) is 14.8 Å². The minimum absolute atomic E-state index is 0.148. The second kappa shape index (κ2) is 7.30. The van der Waals surface area contributed by atoms with Crippen LogP contribution < -0.4 is 0 Å². The summed E-state index contributed by atoms with van der Waals surface area (Å²) in [5, 5.41) is -0.384. The second-order valence-corrected chi connectivity index (χ2v) is 9.97. The number of nitrogens with zero attached hydrogens (tertiary/aromatic N) is 3. The third-order valence-electron chi connectivity index (χ3n) is 6.00. The Kier molecular flexibility index (Phi) is 5.52. The third-order valence-corrected chi connectivity index (χ3v) is 8.20. The van der Waals surface area contributed by atoms with Crippen molar-refractivity contribution in [3.8, 4) is 0 Å². The van der Waals surface area contributed by atoms with Gasteiger partial charge in [0, 0.05) is 38.6 Å². The van der Waals surface area contributed by atoms with E-state index in [0.29, 0.717) is 32.1 Å². The van der Waals surface area contributed by atoms with Crippen LogP contribution in [0.1, 0.15) is 39.0 Å². The molecule has 0 spiro atoms. The van der Waals surface area contributed by atoms with E-state index in [1.807, 2.05) is 0 Å². The first-order valence-corrected chi connectivity index (χ1v) is 10.9. The summed E-state index contributed by atoms with van der Waals surface area (Å²) >= 11 is 0. The summed E-state index contributed by atoms with van der Waals surface area (Å²) in [7, 11) is -1.17. The van der Waals surface area contributed by atoms with Crippen molar-refractivity contribution in [3.63, 3.8) is 0 Å². The van der Waals surface area contributed by atoms with Crippen LogP contribution in [0.5, 0.6) is 0 Å². The average Bonchev–Trinajstić information content (AvgIpc) is 3.16. The molecule has 0 aromatic heterocycles. The van der Waals surface area contributed by atoms with Crippen molar-refractivity contribution in [2.24, 2.45) is 11.8 Å². The van der Waals surface area contributed by atoms with Crippen molar-refractivity contribution < 1.29 is 13.2 Å². The van der Waals surface area contributed by atoms with E-state index in [2.05, 4.69) is 18.9 Å². The van der Waals surface area contributed by atoms with Gasteiger partial charge in [0.2, 0.25) is 15.9 Å². The Bertz CT molecular complexity index is 553. The van der Waals surface area contributed by atoms with Gasteiger partial charge in [0.05, 0.1) is 0 Å². The monoisotopic (exact) mass is 357 g/mol. The number of rotatable bonds is 6. The van der Waals surface area contributed by atoms with Gasteiger partial charge in [0.1, 0.15) is 5.25 Å². The standard InChI is InChI=1S/C17H31N3O3S/c1-3-18(2)10-14-8-9-20(11-14)24(22,23)16-12-19(13-16)17(21)15-6-4-5-7-15/h14-16H,3-13H2,1-2H3. The molecule has 0 aromatic carbocycles. The summed E-state index contributed by atoms with van der Waals surface area (Å²) in [6.45, 7) is 6.14. The predicted octanol–water partition coefficient (Wildman–Crippen LogP) is 0.991. The molecule has 1 atom stereocenters. The summed E-state index contributed by atoms with van der Waals surface area (Å²) in [4.78, 5) is 16.3. The Morgan fingerprint density at radius 1 is 1.12 bits per heavy atom. The van der Waals surface area contributed by atoms with Crippen molar-refractivity contribution in [1.29, 1.82) is 0 Å². The zero-order chi connectivity index (χ0) is 17.3. The van der Waals surface area contributed by atoms with Gasteiger partial charge in [0.25, 0.3) is 0 Å². The number of likely N-dealkylation sites (tertiary alicyclic amines) is 1. The van der Waals surface area contributed by atoms with Gasteiger partial charge in [-0.1, -0.05) is 19.8 Å². The zero-order valence-corrected chi connectivity index (χ0v) is 15.8. The van der Waals surface area contributed by atoms with Gasteiger partial charge in [-0.15, -0.1) is 0 Å². The molecule has 0 N–H and O–H groups in total. The van der Waals surface area contributed by atoms with E-state index in [9.17, 15) is 13.2 Å². The SMILES string of the molecule is CCN(C)CC1CCN(S(=O)(=O)C2CN(C(=O)C3CCCC3)C2)C1. The van der Waals surface area contributed by atoms with Crippen LogP contribution in [0.4, 0.5) is 0 Å². The molecule has 6 nitrogen and oxygen atoms in total. The number of hydrogen-bond acceptors (Lipinski definition) is 4. The van der Waals surface area contributed by atoms with Gasteiger partial charge < -0.3 is 9.80 Å². The van der Waals surface area contributed by atoms with Crippen LogP contribution in [0, 0.1) is 11.8 Å². The Labute approximate surface area is 146 Å². The Hall–Kier alpha value is -0.660. The quantitative estimate of drug-likeness (QED) is 0.711. The van der Waals surface area contributed by atoms with E-state index >= 15 is 0 Å². The van der Waals surface area contributed by atoms with E-state index in [1.54, 1.807) is 9.21 Å². The van der Waals surface area contributed by atoms with Gasteiger partial charge in [-0.3, -0.25) is 4.79 Å². The smallest absolute Gasteiger partial charge is 0.225 e. The lowest BCUT2D eigenvalue weighted by Crippen LogP contribution is -2.60. The second-order valence-electron chi connectivity index (χ2n) is 7.76. The molecule has 1 aliphatic carbocycles. The first-order valence-electron chi connectivity index (χ1n) is 9.38. The van der Waals surface area contributed by atoms with Gasteiger partial charge in [-0.25, -0.2) is 12.7 Å². The maximum atomic E-state index is 12.8. The lowest BCUT2D eigenvalue weighted by molar-refractivity contribution is -0.138. The first-order chi connectivity index (χ1) is 11.4. The molecule has 0 bridgehead atoms. The molecule has 0 aromatic rings. The highest BCUT2D eigenvalue weighted by atomic mass is 32.2. The lowest BCUT2D eigenvalue weighted by Gasteiger charge is -2.41. The van der Waals surface area contributed by atoms with Crippen LogP contribution >= 0.6 is 0 Å². The normalized spacial score (nSPS) is 27.1. The molecule has 3 aliphatic rings. The summed E-state index contributed by atoms with van der Waals surface area (Å²) in [5.41, 5.74) is 0. The fraction of sp³-hybridized carbons (Fsp3) is 0.941. The van der Waals surface area contributed by atoms with Gasteiger partial charge in [-0.05, 0) is 38.8 Å². The van der Waals surface area contributed by atoms with Gasteiger partial charge in [0.15, 0.2) is 0 Å². The third kappa shape index (κ3) is 3.63. The van der Waals surface area contributed by atoms with Crippen LogP contribution in [0.3, 0.4) is 0 Å². The maximum Gasteiger partial charge on any atom is 0.225 e. The molecule has 1 amide bonds. The largest absolute Gasteiger partial charge is 0.340 e. The first kappa shape index (κ1) is 18.1. The van der Waals surface area contributed by atoms with Crippen molar-refractivity contribution in [2.75, 3.05) is 46.3 Å². The lowest BCUT2D eigenvalue weighted by atomic mass is 10.0. The van der Waals surface area contributed by atoms with E-state index < -0.39 is 10.0 Å². The average molecular weight is 358 g/mol. The van der Waals surface area contributed by atoms with Crippen molar-refractivity contribution in [3.05, 3.63) is 0 Å². The van der Waals surface area contributed by atoms with Gasteiger partial charge in [-0.2, -0.15) is 0 Å². The topological polar surface area (TPSA) is 60.9 Å². The highest BCUT2D eigenvalue weighted by Crippen LogP contribution is 2.31. The number of carbonyl (C=O) groups is 1. The highest BCUT2D eigenvalue weighted by Gasteiger charge is 2.45. The van der Waals surface area contributed by atoms with Crippen molar-refractivity contribution in [2.45, 2.75) is 44.3 Å². The fourth-order valence-corrected chi connectivity index (χ4v) is 6.13. The van der Waals surface area contributed by atoms with Crippen LogP contribution in [-0.4, -0.2) is 80.0 Å². The molecule has 1 unspecified atom stereocenters.